The zero-order chi connectivity index (χ0) is 19.6. The van der Waals surface area contributed by atoms with Gasteiger partial charge in [-0.2, -0.15) is 0 Å². The van der Waals surface area contributed by atoms with Crippen molar-refractivity contribution in [1.29, 1.82) is 0 Å². The molecule has 1 aromatic carbocycles. The van der Waals surface area contributed by atoms with E-state index >= 15 is 0 Å². The van der Waals surface area contributed by atoms with Crippen molar-refractivity contribution in [2.45, 2.75) is 39.3 Å². The predicted octanol–water partition coefficient (Wildman–Crippen LogP) is 2.83. The van der Waals surface area contributed by atoms with Gasteiger partial charge in [0, 0.05) is 23.1 Å². The Labute approximate surface area is 159 Å². The Kier molecular flexibility index (Phi) is 5.58. The second-order valence-corrected chi connectivity index (χ2v) is 7.00. The quantitative estimate of drug-likeness (QED) is 0.790. The molecule has 2 heterocycles. The van der Waals surface area contributed by atoms with Crippen LogP contribution in [0.2, 0.25) is 0 Å². The van der Waals surface area contributed by atoms with Gasteiger partial charge in [-0.05, 0) is 36.1 Å². The van der Waals surface area contributed by atoms with Crippen LogP contribution in [0, 0.1) is 5.92 Å². The van der Waals surface area contributed by atoms with Gasteiger partial charge < -0.3 is 24.7 Å². The summed E-state index contributed by atoms with van der Waals surface area (Å²) in [5, 5.41) is 3.99. The summed E-state index contributed by atoms with van der Waals surface area (Å²) >= 11 is 0. The molecule has 0 fully saturated rings. The van der Waals surface area contributed by atoms with Crippen LogP contribution >= 0.6 is 0 Å². The van der Waals surface area contributed by atoms with Gasteiger partial charge in [-0.15, -0.1) is 0 Å². The van der Waals surface area contributed by atoms with E-state index in [4.69, 9.17) is 9.47 Å². The number of aromatic nitrogens is 1. The molecule has 1 aliphatic rings. The lowest BCUT2D eigenvalue weighted by molar-refractivity contribution is -0.144. The maximum absolute atomic E-state index is 12.7. The molecule has 2 amide bonds. The van der Waals surface area contributed by atoms with E-state index in [0.717, 1.165) is 35.2 Å². The van der Waals surface area contributed by atoms with Crippen molar-refractivity contribution in [1.82, 2.24) is 15.2 Å². The zero-order valence-electron chi connectivity index (χ0n) is 16.3. The average molecular weight is 373 g/mol. The number of hydrogen-bond acceptors (Lipinski definition) is 4. The minimum Gasteiger partial charge on any atom is -0.497 e. The van der Waals surface area contributed by atoms with Gasteiger partial charge in [0.15, 0.2) is 0 Å². The molecule has 1 aromatic heterocycles. The highest BCUT2D eigenvalue weighted by Gasteiger charge is 2.30. The number of rotatable bonds is 5. The lowest BCUT2D eigenvalue weighted by Gasteiger charge is -2.30. The van der Waals surface area contributed by atoms with Gasteiger partial charge in [-0.1, -0.05) is 20.3 Å². The number of amides is 2. The van der Waals surface area contributed by atoms with E-state index < -0.39 is 12.0 Å². The maximum Gasteiger partial charge on any atom is 0.328 e. The molecular weight excluding hydrogens is 346 g/mol. The van der Waals surface area contributed by atoms with E-state index in [1.54, 1.807) is 12.0 Å². The molecule has 1 aliphatic heterocycles. The Morgan fingerprint density at radius 3 is 2.78 bits per heavy atom. The van der Waals surface area contributed by atoms with Crippen LogP contribution in [-0.2, 0) is 22.5 Å². The first kappa shape index (κ1) is 19.1. The average Bonchev–Trinajstić information content (AvgIpc) is 3.07. The largest absolute Gasteiger partial charge is 0.497 e. The number of carbonyl (C=O) groups is 2. The van der Waals surface area contributed by atoms with E-state index in [9.17, 15) is 9.59 Å². The summed E-state index contributed by atoms with van der Waals surface area (Å²) in [6.07, 6.45) is 1.52. The third-order valence-electron chi connectivity index (χ3n) is 5.42. The first-order valence-electron chi connectivity index (χ1n) is 9.29. The fraction of sp³-hybridized carbons (Fsp3) is 0.500. The Morgan fingerprint density at radius 2 is 2.11 bits per heavy atom. The van der Waals surface area contributed by atoms with Gasteiger partial charge >= 0.3 is 12.0 Å². The summed E-state index contributed by atoms with van der Waals surface area (Å²) in [6, 6.07) is 5.06. The van der Waals surface area contributed by atoms with Crippen molar-refractivity contribution >= 4 is 22.9 Å². The molecule has 146 valence electrons. The van der Waals surface area contributed by atoms with Crippen LogP contribution in [0.3, 0.4) is 0 Å². The van der Waals surface area contributed by atoms with Gasteiger partial charge in [0.1, 0.15) is 11.8 Å². The van der Waals surface area contributed by atoms with Gasteiger partial charge in [-0.25, -0.2) is 9.59 Å². The third kappa shape index (κ3) is 3.72. The van der Waals surface area contributed by atoms with Gasteiger partial charge in [-0.3, -0.25) is 0 Å². The van der Waals surface area contributed by atoms with Crippen LogP contribution in [-0.4, -0.2) is 48.7 Å². The van der Waals surface area contributed by atoms with Crippen molar-refractivity contribution in [2.75, 3.05) is 20.8 Å². The summed E-state index contributed by atoms with van der Waals surface area (Å²) in [6.45, 7) is 4.99. The monoisotopic (exact) mass is 373 g/mol. The maximum atomic E-state index is 12.7. The summed E-state index contributed by atoms with van der Waals surface area (Å²) < 4.78 is 10.2. The van der Waals surface area contributed by atoms with E-state index in [1.165, 1.54) is 12.7 Å². The highest BCUT2D eigenvalue weighted by molar-refractivity contribution is 5.87. The van der Waals surface area contributed by atoms with Crippen LogP contribution < -0.4 is 10.1 Å². The number of H-pyrrole nitrogens is 1. The summed E-state index contributed by atoms with van der Waals surface area (Å²) in [4.78, 5) is 29.9. The zero-order valence-corrected chi connectivity index (χ0v) is 16.3. The van der Waals surface area contributed by atoms with Crippen molar-refractivity contribution in [3.63, 3.8) is 0 Å². The van der Waals surface area contributed by atoms with Crippen molar-refractivity contribution < 1.29 is 19.1 Å². The Balaban J connectivity index is 1.77. The molecule has 0 saturated carbocycles. The molecular formula is C20H27N3O4. The predicted molar refractivity (Wildman–Crippen MR) is 103 cm³/mol. The SMILES string of the molecule is CCC(C)[C@H](NC(=O)N1CCc2c([nH]c3ccc(OC)cc23)C1)C(=O)OC. The standard InChI is InChI=1S/C20H27N3O4/c1-5-12(2)18(19(24)27-4)22-20(25)23-9-8-14-15-10-13(26-3)6-7-16(15)21-17(14)11-23/h6-7,10,12,18,21H,5,8-9,11H2,1-4H3,(H,22,25)/t12?,18-/m0/s1. The van der Waals surface area contributed by atoms with E-state index in [0.29, 0.717) is 13.1 Å². The Hall–Kier alpha value is -2.70. The fourth-order valence-electron chi connectivity index (χ4n) is 3.54. The summed E-state index contributed by atoms with van der Waals surface area (Å²) in [5.74, 6) is 0.411. The molecule has 0 saturated heterocycles. The molecule has 27 heavy (non-hydrogen) atoms. The van der Waals surface area contributed by atoms with E-state index in [1.807, 2.05) is 32.0 Å². The topological polar surface area (TPSA) is 83.7 Å². The smallest absolute Gasteiger partial charge is 0.328 e. The van der Waals surface area contributed by atoms with Crippen molar-refractivity contribution in [3.05, 3.63) is 29.5 Å². The molecule has 2 N–H and O–H groups in total. The third-order valence-corrected chi connectivity index (χ3v) is 5.42. The number of fused-ring (bicyclic) bond motifs is 3. The van der Waals surface area contributed by atoms with E-state index in [2.05, 4.69) is 10.3 Å². The first-order valence-corrected chi connectivity index (χ1v) is 9.29. The fourth-order valence-corrected chi connectivity index (χ4v) is 3.54. The lowest BCUT2D eigenvalue weighted by atomic mass is 9.99. The number of benzene rings is 1. The van der Waals surface area contributed by atoms with Gasteiger partial charge in [0.25, 0.3) is 0 Å². The second-order valence-electron chi connectivity index (χ2n) is 7.00. The van der Waals surface area contributed by atoms with Crippen LogP contribution in [0.15, 0.2) is 18.2 Å². The number of nitrogens with one attached hydrogen (secondary N) is 2. The number of aromatic amines is 1. The molecule has 0 aliphatic carbocycles. The number of hydrogen-bond donors (Lipinski definition) is 2. The van der Waals surface area contributed by atoms with Crippen LogP contribution in [0.1, 0.15) is 31.5 Å². The number of esters is 1. The number of carbonyl (C=O) groups excluding carboxylic acids is 2. The highest BCUT2D eigenvalue weighted by Crippen LogP contribution is 2.30. The lowest BCUT2D eigenvalue weighted by Crippen LogP contribution is -2.51. The molecule has 0 radical (unpaired) electrons. The Morgan fingerprint density at radius 1 is 1.33 bits per heavy atom. The number of methoxy groups -OCH3 is 2. The number of urea groups is 1. The van der Waals surface area contributed by atoms with Gasteiger partial charge in [0.05, 0.1) is 20.8 Å². The highest BCUT2D eigenvalue weighted by atomic mass is 16.5. The normalized spacial score (nSPS) is 15.8. The van der Waals surface area contributed by atoms with Gasteiger partial charge in [0.2, 0.25) is 0 Å². The van der Waals surface area contributed by atoms with Crippen LogP contribution in [0.5, 0.6) is 5.75 Å². The molecule has 3 rings (SSSR count). The summed E-state index contributed by atoms with van der Waals surface area (Å²) in [7, 11) is 3.00. The molecule has 2 aromatic rings. The molecule has 1 unspecified atom stereocenters. The molecule has 0 spiro atoms. The minimum atomic E-state index is -0.638. The molecule has 0 bridgehead atoms. The molecule has 7 nitrogen and oxygen atoms in total. The first-order chi connectivity index (χ1) is 13.0. The van der Waals surface area contributed by atoms with Crippen LogP contribution in [0.25, 0.3) is 10.9 Å². The van der Waals surface area contributed by atoms with Crippen molar-refractivity contribution in [2.24, 2.45) is 5.92 Å². The van der Waals surface area contributed by atoms with E-state index in [-0.39, 0.29) is 11.9 Å². The Bertz CT molecular complexity index is 845. The summed E-state index contributed by atoms with van der Waals surface area (Å²) in [5.41, 5.74) is 3.28. The van der Waals surface area contributed by atoms with Crippen LogP contribution in [0.4, 0.5) is 4.79 Å². The molecule has 2 atom stereocenters. The second kappa shape index (κ2) is 7.90. The van der Waals surface area contributed by atoms with Crippen molar-refractivity contribution in [3.8, 4) is 5.75 Å². The molecule has 7 heteroatoms. The number of ether oxygens (including phenoxy) is 2. The number of nitrogens with zero attached hydrogens (tertiary/aromatic N) is 1. The minimum absolute atomic E-state index is 0.00212.